The molecule has 0 N–H and O–H groups in total. The highest BCUT2D eigenvalue weighted by Crippen LogP contribution is 2.45. The fourth-order valence-electron chi connectivity index (χ4n) is 2.72. The Balaban J connectivity index is 1.75. The molecule has 2 aromatic rings. The maximum absolute atomic E-state index is 11.2. The van der Waals surface area contributed by atoms with Crippen LogP contribution in [0.1, 0.15) is 39.7 Å². The van der Waals surface area contributed by atoms with E-state index in [0.717, 1.165) is 35.0 Å². The molecule has 1 saturated carbocycles. The van der Waals surface area contributed by atoms with Gasteiger partial charge in [0.2, 0.25) is 0 Å². The highest BCUT2D eigenvalue weighted by molar-refractivity contribution is 7.17. The van der Waals surface area contributed by atoms with Crippen LogP contribution in [-0.4, -0.2) is 17.8 Å². The Labute approximate surface area is 115 Å². The number of carbonyl (C=O) groups is 1. The second-order valence-corrected chi connectivity index (χ2v) is 6.18. The van der Waals surface area contributed by atoms with Gasteiger partial charge in [0.1, 0.15) is 0 Å². The molecule has 1 aromatic carbocycles. The number of aldehydes is 1. The van der Waals surface area contributed by atoms with E-state index in [1.807, 2.05) is 0 Å². The molecule has 1 aromatic heterocycles. The number of hydrogen-bond acceptors (Lipinski definition) is 4. The van der Waals surface area contributed by atoms with Gasteiger partial charge < -0.3 is 4.90 Å². The van der Waals surface area contributed by atoms with Gasteiger partial charge in [-0.15, -0.1) is 0 Å². The van der Waals surface area contributed by atoms with Crippen LogP contribution < -0.4 is 4.90 Å². The van der Waals surface area contributed by atoms with Gasteiger partial charge in [0, 0.05) is 18.2 Å². The van der Waals surface area contributed by atoms with Crippen LogP contribution in [0.25, 0.3) is 0 Å². The standard InChI is InChI=1S/C15H14N2OS/c18-9-13-14(11-5-6-11)16-15(19-13)17-8-7-10-3-1-2-4-12(10)17/h1-4,9,11H,5-8H2. The van der Waals surface area contributed by atoms with Crippen molar-refractivity contribution in [1.82, 2.24) is 4.98 Å². The third kappa shape index (κ3) is 1.78. The largest absolute Gasteiger partial charge is 0.317 e. The van der Waals surface area contributed by atoms with Gasteiger partial charge in [-0.1, -0.05) is 29.5 Å². The van der Waals surface area contributed by atoms with Gasteiger partial charge in [-0.05, 0) is 30.9 Å². The minimum Gasteiger partial charge on any atom is -0.317 e. The van der Waals surface area contributed by atoms with Gasteiger partial charge in [-0.3, -0.25) is 4.79 Å². The van der Waals surface area contributed by atoms with Crippen LogP contribution in [0.4, 0.5) is 10.8 Å². The smallest absolute Gasteiger partial charge is 0.190 e. The first kappa shape index (κ1) is 11.2. The molecule has 1 fully saturated rings. The lowest BCUT2D eigenvalue weighted by Gasteiger charge is -2.15. The summed E-state index contributed by atoms with van der Waals surface area (Å²) in [6.07, 6.45) is 4.39. The molecule has 4 rings (SSSR count). The third-order valence-corrected chi connectivity index (χ3v) is 4.88. The van der Waals surface area contributed by atoms with E-state index in [2.05, 4.69) is 29.2 Å². The molecule has 1 aliphatic heterocycles. The molecule has 0 atom stereocenters. The molecule has 19 heavy (non-hydrogen) atoms. The molecule has 0 saturated heterocycles. The molecule has 0 radical (unpaired) electrons. The Morgan fingerprint density at radius 2 is 2.16 bits per heavy atom. The van der Waals surface area contributed by atoms with E-state index < -0.39 is 0 Å². The van der Waals surface area contributed by atoms with Crippen LogP contribution in [0.15, 0.2) is 24.3 Å². The molecule has 3 nitrogen and oxygen atoms in total. The molecule has 0 amide bonds. The quantitative estimate of drug-likeness (QED) is 0.800. The lowest BCUT2D eigenvalue weighted by Crippen LogP contribution is -2.12. The molecule has 0 spiro atoms. The maximum Gasteiger partial charge on any atom is 0.190 e. The Hall–Kier alpha value is -1.68. The average Bonchev–Trinajstić information content (AvgIpc) is 3.06. The summed E-state index contributed by atoms with van der Waals surface area (Å²) in [7, 11) is 0. The van der Waals surface area contributed by atoms with Crippen LogP contribution in [0.3, 0.4) is 0 Å². The van der Waals surface area contributed by atoms with Crippen molar-refractivity contribution in [3.05, 3.63) is 40.4 Å². The van der Waals surface area contributed by atoms with Crippen molar-refractivity contribution in [2.75, 3.05) is 11.4 Å². The zero-order chi connectivity index (χ0) is 12.8. The van der Waals surface area contributed by atoms with Crippen LogP contribution in [-0.2, 0) is 6.42 Å². The van der Waals surface area contributed by atoms with Gasteiger partial charge in [0.15, 0.2) is 11.4 Å². The molecular formula is C15H14N2OS. The first-order valence-corrected chi connectivity index (χ1v) is 7.50. The lowest BCUT2D eigenvalue weighted by atomic mass is 10.2. The number of fused-ring (bicyclic) bond motifs is 1. The SMILES string of the molecule is O=Cc1sc(N2CCc3ccccc32)nc1C1CC1. The summed E-state index contributed by atoms with van der Waals surface area (Å²) in [6.45, 7) is 0.968. The van der Waals surface area contributed by atoms with Crippen molar-refractivity contribution < 1.29 is 4.79 Å². The van der Waals surface area contributed by atoms with E-state index in [-0.39, 0.29) is 0 Å². The topological polar surface area (TPSA) is 33.2 Å². The Kier molecular flexibility index (Phi) is 2.45. The number of anilines is 2. The summed E-state index contributed by atoms with van der Waals surface area (Å²) >= 11 is 1.54. The number of rotatable bonds is 3. The molecule has 1 aliphatic carbocycles. The van der Waals surface area contributed by atoms with Crippen LogP contribution in [0.5, 0.6) is 0 Å². The molecule has 96 valence electrons. The molecule has 2 heterocycles. The second-order valence-electron chi connectivity index (χ2n) is 5.17. The van der Waals surface area contributed by atoms with Crippen molar-refractivity contribution in [2.24, 2.45) is 0 Å². The summed E-state index contributed by atoms with van der Waals surface area (Å²) in [4.78, 5) is 19.0. The number of nitrogens with zero attached hydrogens (tertiary/aromatic N) is 2. The van der Waals surface area contributed by atoms with E-state index in [1.54, 1.807) is 0 Å². The van der Waals surface area contributed by atoms with E-state index in [9.17, 15) is 4.79 Å². The summed E-state index contributed by atoms with van der Waals surface area (Å²) in [5, 5.41) is 0.981. The van der Waals surface area contributed by atoms with Gasteiger partial charge in [-0.25, -0.2) is 4.98 Å². The molecule has 0 unspecified atom stereocenters. The molecule has 2 aliphatic rings. The van der Waals surface area contributed by atoms with Crippen molar-refractivity contribution in [2.45, 2.75) is 25.2 Å². The van der Waals surface area contributed by atoms with Crippen LogP contribution >= 0.6 is 11.3 Å². The zero-order valence-electron chi connectivity index (χ0n) is 10.5. The van der Waals surface area contributed by atoms with Gasteiger partial charge in [-0.2, -0.15) is 0 Å². The van der Waals surface area contributed by atoms with E-state index in [1.165, 1.54) is 35.4 Å². The fourth-order valence-corrected chi connectivity index (χ4v) is 3.72. The Morgan fingerprint density at radius 3 is 2.95 bits per heavy atom. The highest BCUT2D eigenvalue weighted by Gasteiger charge is 2.31. The minimum absolute atomic E-state index is 0.531. The van der Waals surface area contributed by atoms with E-state index >= 15 is 0 Å². The molecular weight excluding hydrogens is 256 g/mol. The van der Waals surface area contributed by atoms with Gasteiger partial charge in [0.25, 0.3) is 0 Å². The average molecular weight is 270 g/mol. The number of para-hydroxylation sites is 1. The summed E-state index contributed by atoms with van der Waals surface area (Å²) < 4.78 is 0. The van der Waals surface area contributed by atoms with Gasteiger partial charge >= 0.3 is 0 Å². The fraction of sp³-hybridized carbons (Fsp3) is 0.333. The van der Waals surface area contributed by atoms with Crippen molar-refractivity contribution in [1.29, 1.82) is 0 Å². The first-order chi connectivity index (χ1) is 9.36. The Bertz CT molecular complexity index is 645. The predicted octanol–water partition coefficient (Wildman–Crippen LogP) is 3.53. The third-order valence-electron chi connectivity index (χ3n) is 3.86. The van der Waals surface area contributed by atoms with E-state index in [0.29, 0.717) is 5.92 Å². The van der Waals surface area contributed by atoms with Crippen LogP contribution in [0.2, 0.25) is 0 Å². The van der Waals surface area contributed by atoms with E-state index in [4.69, 9.17) is 4.98 Å². The molecule has 0 bridgehead atoms. The van der Waals surface area contributed by atoms with Crippen LogP contribution in [0, 0.1) is 0 Å². The minimum atomic E-state index is 0.531. The number of benzene rings is 1. The molecule has 4 heteroatoms. The van der Waals surface area contributed by atoms with Gasteiger partial charge in [0.05, 0.1) is 10.6 Å². The highest BCUT2D eigenvalue weighted by atomic mass is 32.1. The monoisotopic (exact) mass is 270 g/mol. The Morgan fingerprint density at radius 1 is 1.32 bits per heavy atom. The van der Waals surface area contributed by atoms with Crippen molar-refractivity contribution in [3.8, 4) is 0 Å². The number of hydrogen-bond donors (Lipinski definition) is 0. The first-order valence-electron chi connectivity index (χ1n) is 6.68. The predicted molar refractivity (Wildman–Crippen MR) is 76.6 cm³/mol. The zero-order valence-corrected chi connectivity index (χ0v) is 11.3. The number of carbonyl (C=O) groups excluding carboxylic acids is 1. The van der Waals surface area contributed by atoms with Crippen molar-refractivity contribution >= 4 is 28.4 Å². The maximum atomic E-state index is 11.2. The lowest BCUT2D eigenvalue weighted by molar-refractivity contribution is 0.112. The second kappa shape index (κ2) is 4.17. The van der Waals surface area contributed by atoms with Crippen molar-refractivity contribution in [3.63, 3.8) is 0 Å². The summed E-state index contributed by atoms with van der Waals surface area (Å²) in [5.74, 6) is 0.531. The normalized spacial score (nSPS) is 17.6. The number of aromatic nitrogens is 1. The summed E-state index contributed by atoms with van der Waals surface area (Å²) in [5.41, 5.74) is 3.65. The summed E-state index contributed by atoms with van der Waals surface area (Å²) in [6, 6.07) is 8.45. The number of thiazole rings is 1.